The molecule has 1 amide bonds. The average molecular weight is 525 g/mol. The minimum atomic E-state index is -3.98. The Bertz CT molecular complexity index is 1230. The van der Waals surface area contributed by atoms with Gasteiger partial charge < -0.3 is 9.47 Å². The van der Waals surface area contributed by atoms with Gasteiger partial charge >= 0.3 is 16.3 Å². The fourth-order valence-corrected chi connectivity index (χ4v) is 6.39. The van der Waals surface area contributed by atoms with Gasteiger partial charge in [-0.05, 0) is 37.5 Å². The fourth-order valence-electron chi connectivity index (χ4n) is 4.21. The van der Waals surface area contributed by atoms with Gasteiger partial charge in [0, 0.05) is 18.5 Å². The van der Waals surface area contributed by atoms with E-state index in [1.807, 2.05) is 17.7 Å². The van der Waals surface area contributed by atoms with Crippen LogP contribution in [0, 0.1) is 12.3 Å². The third-order valence-corrected chi connectivity index (χ3v) is 8.78. The molecular formula is C23H28N2O8S2. The molecule has 4 rings (SSSR count). The SMILES string of the molecule is Cc1ccc(S(=O)(=O)OCCOC2CC3(C2)CN(S(=O)(=O)NC(=O)OCc2ccccc2)C3)cc1. The molecule has 0 aromatic heterocycles. The predicted octanol–water partition coefficient (Wildman–Crippen LogP) is 2.35. The zero-order valence-corrected chi connectivity index (χ0v) is 20.9. The van der Waals surface area contributed by atoms with Crippen molar-refractivity contribution in [2.24, 2.45) is 5.41 Å². The maximum Gasteiger partial charge on any atom is 0.422 e. The summed E-state index contributed by atoms with van der Waals surface area (Å²) in [5.41, 5.74) is 1.52. The van der Waals surface area contributed by atoms with Crippen LogP contribution in [0.25, 0.3) is 0 Å². The van der Waals surface area contributed by atoms with Crippen LogP contribution < -0.4 is 4.72 Å². The van der Waals surface area contributed by atoms with Crippen LogP contribution in [0.5, 0.6) is 0 Å². The molecule has 190 valence electrons. The normalized spacial score (nSPS) is 18.0. The van der Waals surface area contributed by atoms with Gasteiger partial charge in [-0.1, -0.05) is 48.0 Å². The molecule has 0 radical (unpaired) electrons. The second kappa shape index (κ2) is 10.2. The zero-order chi connectivity index (χ0) is 25.1. The molecule has 1 saturated heterocycles. The van der Waals surface area contributed by atoms with E-state index in [1.165, 1.54) is 16.4 Å². The molecule has 0 bridgehead atoms. The highest BCUT2D eigenvalue weighted by Gasteiger charge is 2.56. The number of rotatable bonds is 10. The lowest BCUT2D eigenvalue weighted by Gasteiger charge is -2.57. The van der Waals surface area contributed by atoms with E-state index in [2.05, 4.69) is 0 Å². The Hall–Kier alpha value is -2.51. The van der Waals surface area contributed by atoms with E-state index in [-0.39, 0.29) is 49.3 Å². The van der Waals surface area contributed by atoms with Crippen molar-refractivity contribution in [1.82, 2.24) is 9.03 Å². The van der Waals surface area contributed by atoms with E-state index in [4.69, 9.17) is 13.7 Å². The Morgan fingerprint density at radius 1 is 1.00 bits per heavy atom. The topological polar surface area (TPSA) is 128 Å². The first kappa shape index (κ1) is 25.6. The van der Waals surface area contributed by atoms with Crippen LogP contribution in [-0.4, -0.2) is 59.6 Å². The number of carbonyl (C=O) groups excluding carboxylic acids is 1. The summed E-state index contributed by atoms with van der Waals surface area (Å²) in [4.78, 5) is 12.0. The summed E-state index contributed by atoms with van der Waals surface area (Å²) < 4.78 is 67.9. The number of nitrogens with zero attached hydrogens (tertiary/aromatic N) is 1. The summed E-state index contributed by atoms with van der Waals surface area (Å²) in [6.07, 6.45) is 0.198. The fraction of sp³-hybridized carbons (Fsp3) is 0.435. The molecule has 0 unspecified atom stereocenters. The predicted molar refractivity (Wildman–Crippen MR) is 126 cm³/mol. The summed E-state index contributed by atoms with van der Waals surface area (Å²) in [5, 5.41) is 0. The number of carbonyl (C=O) groups is 1. The molecule has 1 aliphatic heterocycles. The van der Waals surface area contributed by atoms with Crippen LogP contribution in [0.3, 0.4) is 0 Å². The van der Waals surface area contributed by atoms with Gasteiger partial charge in [0.15, 0.2) is 0 Å². The Kier molecular flexibility index (Phi) is 7.48. The van der Waals surface area contributed by atoms with E-state index in [9.17, 15) is 21.6 Å². The van der Waals surface area contributed by atoms with Crippen LogP contribution in [0.15, 0.2) is 59.5 Å². The van der Waals surface area contributed by atoms with Crippen LogP contribution in [0.4, 0.5) is 4.79 Å². The molecule has 1 aliphatic carbocycles. The molecule has 2 aliphatic rings. The van der Waals surface area contributed by atoms with Crippen LogP contribution in [0.2, 0.25) is 0 Å². The number of aryl methyl sites for hydroxylation is 1. The first-order chi connectivity index (χ1) is 16.6. The molecule has 2 aromatic carbocycles. The summed E-state index contributed by atoms with van der Waals surface area (Å²) in [6.45, 7) is 2.42. The van der Waals surface area contributed by atoms with Crippen molar-refractivity contribution in [1.29, 1.82) is 0 Å². The first-order valence-electron chi connectivity index (χ1n) is 11.1. The molecular weight excluding hydrogens is 496 g/mol. The summed E-state index contributed by atoms with van der Waals surface area (Å²) in [6, 6.07) is 15.3. The molecule has 10 nitrogen and oxygen atoms in total. The maximum atomic E-state index is 12.4. The van der Waals surface area contributed by atoms with Crippen molar-refractivity contribution < 1.29 is 35.3 Å². The van der Waals surface area contributed by atoms with Gasteiger partial charge in [0.1, 0.15) is 6.61 Å². The van der Waals surface area contributed by atoms with Crippen molar-refractivity contribution in [3.8, 4) is 0 Å². The first-order valence-corrected chi connectivity index (χ1v) is 14.0. The molecule has 1 N–H and O–H groups in total. The van der Waals surface area contributed by atoms with Gasteiger partial charge in [-0.25, -0.2) is 9.52 Å². The quantitative estimate of drug-likeness (QED) is 0.371. The van der Waals surface area contributed by atoms with E-state index >= 15 is 0 Å². The average Bonchev–Trinajstić information content (AvgIpc) is 2.75. The number of benzene rings is 2. The number of hydrogen-bond donors (Lipinski definition) is 1. The Morgan fingerprint density at radius 2 is 1.66 bits per heavy atom. The molecule has 12 heteroatoms. The van der Waals surface area contributed by atoms with Gasteiger partial charge in [0.05, 0.1) is 24.2 Å². The van der Waals surface area contributed by atoms with Crippen LogP contribution >= 0.6 is 0 Å². The Labute approximate surface area is 205 Å². The second-order valence-electron chi connectivity index (χ2n) is 8.93. The van der Waals surface area contributed by atoms with Crippen molar-refractivity contribution in [2.75, 3.05) is 26.3 Å². The van der Waals surface area contributed by atoms with E-state index in [1.54, 1.807) is 36.4 Å². The third-order valence-electron chi connectivity index (χ3n) is 6.09. The third kappa shape index (κ3) is 6.39. The lowest BCUT2D eigenvalue weighted by atomic mass is 9.63. The van der Waals surface area contributed by atoms with Gasteiger partial charge in [-0.2, -0.15) is 21.1 Å². The van der Waals surface area contributed by atoms with Crippen LogP contribution in [-0.2, 0) is 40.6 Å². The molecule has 1 heterocycles. The molecule has 1 saturated carbocycles. The molecule has 2 aromatic rings. The lowest BCUT2D eigenvalue weighted by Crippen LogP contribution is -2.67. The monoisotopic (exact) mass is 524 g/mol. The second-order valence-corrected chi connectivity index (χ2v) is 12.2. The minimum absolute atomic E-state index is 0.0266. The zero-order valence-electron chi connectivity index (χ0n) is 19.3. The van der Waals surface area contributed by atoms with Crippen LogP contribution in [0.1, 0.15) is 24.0 Å². The molecule has 1 spiro atoms. The number of nitrogens with one attached hydrogen (secondary N) is 1. The van der Waals surface area contributed by atoms with Crippen molar-refractivity contribution in [2.45, 2.75) is 37.4 Å². The van der Waals surface area contributed by atoms with Crippen molar-refractivity contribution >= 4 is 26.4 Å². The van der Waals surface area contributed by atoms with Gasteiger partial charge in [-0.3, -0.25) is 4.18 Å². The lowest BCUT2D eigenvalue weighted by molar-refractivity contribution is -0.131. The van der Waals surface area contributed by atoms with Gasteiger partial charge in [0.2, 0.25) is 0 Å². The summed E-state index contributed by atoms with van der Waals surface area (Å²) in [5.74, 6) is 0. The van der Waals surface area contributed by atoms with Crippen molar-refractivity contribution in [3.05, 3.63) is 65.7 Å². The number of hydrogen-bond acceptors (Lipinski definition) is 8. The minimum Gasteiger partial charge on any atom is -0.444 e. The maximum absolute atomic E-state index is 12.4. The highest BCUT2D eigenvalue weighted by Crippen LogP contribution is 2.50. The molecule has 2 fully saturated rings. The Morgan fingerprint density at radius 3 is 2.31 bits per heavy atom. The van der Waals surface area contributed by atoms with E-state index in [0.29, 0.717) is 12.8 Å². The van der Waals surface area contributed by atoms with Gasteiger partial charge in [-0.15, -0.1) is 0 Å². The highest BCUT2D eigenvalue weighted by atomic mass is 32.2. The Balaban J connectivity index is 1.12. The standard InChI is InChI=1S/C23H28N2O8S2/c1-18-7-9-21(10-8-18)34(27,28)33-12-11-31-20-13-23(14-20)16-25(17-23)35(29,30)24-22(26)32-15-19-5-3-2-4-6-19/h2-10,20H,11-17H2,1H3,(H,24,26). The van der Waals surface area contributed by atoms with Crippen molar-refractivity contribution in [3.63, 3.8) is 0 Å². The smallest absolute Gasteiger partial charge is 0.422 e. The van der Waals surface area contributed by atoms with E-state index < -0.39 is 26.4 Å². The molecule has 35 heavy (non-hydrogen) atoms. The highest BCUT2D eigenvalue weighted by molar-refractivity contribution is 7.87. The summed E-state index contributed by atoms with van der Waals surface area (Å²) >= 11 is 0. The largest absolute Gasteiger partial charge is 0.444 e. The summed E-state index contributed by atoms with van der Waals surface area (Å²) in [7, 11) is -7.81. The number of amides is 1. The number of ether oxygens (including phenoxy) is 2. The van der Waals surface area contributed by atoms with Gasteiger partial charge in [0.25, 0.3) is 10.1 Å². The van der Waals surface area contributed by atoms with E-state index in [0.717, 1.165) is 11.1 Å². The molecule has 0 atom stereocenters.